The molecule has 1 heterocycles. The molecule has 4 rings (SSSR count). The van der Waals surface area contributed by atoms with Gasteiger partial charge in [0, 0.05) is 26.3 Å². The van der Waals surface area contributed by atoms with Crippen LogP contribution in [0.3, 0.4) is 0 Å². The number of ether oxygens (including phenoxy) is 3. The Bertz CT molecular complexity index is 1090. The van der Waals surface area contributed by atoms with Gasteiger partial charge in [0.05, 0.1) is 6.04 Å². The van der Waals surface area contributed by atoms with Gasteiger partial charge >= 0.3 is 12.1 Å². The Morgan fingerprint density at radius 3 is 2.32 bits per heavy atom. The normalized spacial score (nSPS) is 21.8. The van der Waals surface area contributed by atoms with Crippen molar-refractivity contribution in [3.63, 3.8) is 0 Å². The second-order valence-electron chi connectivity index (χ2n) is 9.99. The lowest BCUT2D eigenvalue weighted by Gasteiger charge is -2.25. The minimum absolute atomic E-state index is 0.201. The van der Waals surface area contributed by atoms with Crippen LogP contribution in [0.1, 0.15) is 44.4 Å². The number of benzene rings is 2. The topological polar surface area (TPSA) is 90.9 Å². The van der Waals surface area contributed by atoms with Crippen molar-refractivity contribution in [2.75, 3.05) is 6.54 Å². The summed E-state index contributed by atoms with van der Waals surface area (Å²) in [6.07, 6.45) is -0.372. The van der Waals surface area contributed by atoms with Crippen LogP contribution in [0, 0.1) is 0 Å². The highest BCUT2D eigenvalue weighted by Gasteiger charge is 2.41. The lowest BCUT2D eigenvalue weighted by molar-refractivity contribution is -0.152. The Balaban J connectivity index is 1.43. The summed E-state index contributed by atoms with van der Waals surface area (Å²) >= 11 is 0. The fourth-order valence-corrected chi connectivity index (χ4v) is 4.52. The summed E-state index contributed by atoms with van der Waals surface area (Å²) in [6, 6.07) is 14.2. The van der Waals surface area contributed by atoms with E-state index in [-0.39, 0.29) is 11.8 Å². The van der Waals surface area contributed by atoms with Crippen LogP contribution in [0.5, 0.6) is 0 Å². The molecule has 3 atom stereocenters. The molecule has 1 N–H and O–H groups in total. The van der Waals surface area contributed by atoms with E-state index in [4.69, 9.17) is 14.2 Å². The number of carbonyl (C=O) groups is 3. The molecule has 180 valence electrons. The van der Waals surface area contributed by atoms with Gasteiger partial charge in [-0.1, -0.05) is 42.5 Å². The molecule has 1 aliphatic heterocycles. The number of hydrogen-bond acceptors (Lipinski definition) is 7. The quantitative estimate of drug-likeness (QED) is 0.672. The third-order valence-electron chi connectivity index (χ3n) is 6.01. The van der Waals surface area contributed by atoms with Crippen LogP contribution < -0.4 is 5.32 Å². The van der Waals surface area contributed by atoms with Crippen LogP contribution in [0.15, 0.2) is 42.5 Å². The van der Waals surface area contributed by atoms with Gasteiger partial charge in [-0.25, -0.2) is 4.79 Å². The summed E-state index contributed by atoms with van der Waals surface area (Å²) in [7, 11) is 0. The van der Waals surface area contributed by atoms with E-state index in [1.165, 1.54) is 6.92 Å². The van der Waals surface area contributed by atoms with Gasteiger partial charge in [-0.15, -0.1) is 0 Å². The monoisotopic (exact) mass is 465 g/mol. The Morgan fingerprint density at radius 2 is 1.65 bits per heavy atom. The maximum absolute atomic E-state index is 12.1. The highest BCUT2D eigenvalue weighted by Crippen LogP contribution is 2.28. The van der Waals surface area contributed by atoms with Crippen molar-refractivity contribution in [1.29, 1.82) is 0 Å². The van der Waals surface area contributed by atoms with Gasteiger partial charge in [0.1, 0.15) is 11.4 Å². The fourth-order valence-electron chi connectivity index (χ4n) is 4.52. The molecule has 2 aromatic carbocycles. The molecular formula is C27H31NO6. The summed E-state index contributed by atoms with van der Waals surface area (Å²) in [5.41, 5.74) is 4.79. The number of rotatable bonds is 5. The standard InChI is InChI=1S/C27H31NO6/c1-16(29)32-25-23(28-15-24(25)33-26(31)34-27(2,3)4)11-17-5-7-18(8-6-17)19-9-10-20-13-22(30)14-21(20)12-19/h5-10,12,23-25,28H,11,13-15H2,1-4H3/t23-,24+,25+/m1/s1. The van der Waals surface area contributed by atoms with Crippen LogP contribution in [0.4, 0.5) is 4.79 Å². The first kappa shape index (κ1) is 24.0. The second kappa shape index (κ2) is 9.58. The molecule has 0 saturated carbocycles. The number of esters is 1. The van der Waals surface area contributed by atoms with Crippen molar-refractivity contribution in [3.8, 4) is 11.1 Å². The van der Waals surface area contributed by atoms with E-state index in [2.05, 4.69) is 29.6 Å². The third-order valence-corrected chi connectivity index (χ3v) is 6.01. The van der Waals surface area contributed by atoms with E-state index < -0.39 is 29.9 Å². The molecule has 2 aliphatic rings. The molecule has 2 aromatic rings. The predicted molar refractivity (Wildman–Crippen MR) is 126 cm³/mol. The van der Waals surface area contributed by atoms with Crippen molar-refractivity contribution in [3.05, 3.63) is 59.2 Å². The highest BCUT2D eigenvalue weighted by atomic mass is 16.7. The van der Waals surface area contributed by atoms with Crippen molar-refractivity contribution in [2.45, 2.75) is 70.8 Å². The molecule has 0 bridgehead atoms. The van der Waals surface area contributed by atoms with Gasteiger partial charge in [0.15, 0.2) is 12.2 Å². The van der Waals surface area contributed by atoms with Gasteiger partial charge in [-0.2, -0.15) is 0 Å². The second-order valence-corrected chi connectivity index (χ2v) is 9.99. The van der Waals surface area contributed by atoms with E-state index in [1.54, 1.807) is 20.8 Å². The molecule has 0 amide bonds. The molecule has 34 heavy (non-hydrogen) atoms. The molecule has 7 heteroatoms. The smallest absolute Gasteiger partial charge is 0.457 e. The third kappa shape index (κ3) is 5.83. The first-order chi connectivity index (χ1) is 16.1. The van der Waals surface area contributed by atoms with Gasteiger partial charge < -0.3 is 19.5 Å². The Morgan fingerprint density at radius 1 is 0.971 bits per heavy atom. The Hall–Kier alpha value is -3.19. The molecule has 0 aromatic heterocycles. The van der Waals surface area contributed by atoms with Gasteiger partial charge in [-0.3, -0.25) is 9.59 Å². The number of Topliss-reactive ketones (excluding diaryl/α,β-unsaturated/α-hetero) is 1. The Labute approximate surface area is 199 Å². The predicted octanol–water partition coefficient (Wildman–Crippen LogP) is 3.79. The van der Waals surface area contributed by atoms with E-state index in [9.17, 15) is 14.4 Å². The van der Waals surface area contributed by atoms with Crippen molar-refractivity contribution in [2.24, 2.45) is 0 Å². The molecule has 0 radical (unpaired) electrons. The van der Waals surface area contributed by atoms with Gasteiger partial charge in [0.25, 0.3) is 0 Å². The first-order valence-corrected chi connectivity index (χ1v) is 11.6. The zero-order chi connectivity index (χ0) is 24.5. The minimum atomic E-state index is -0.780. The molecule has 0 spiro atoms. The zero-order valence-corrected chi connectivity index (χ0v) is 20.1. The zero-order valence-electron chi connectivity index (χ0n) is 20.1. The number of carbonyl (C=O) groups excluding carboxylic acids is 3. The lowest BCUT2D eigenvalue weighted by Crippen LogP contribution is -2.40. The molecule has 7 nitrogen and oxygen atoms in total. The molecule has 1 aliphatic carbocycles. The van der Waals surface area contributed by atoms with Crippen molar-refractivity contribution >= 4 is 17.9 Å². The summed E-state index contributed by atoms with van der Waals surface area (Å²) < 4.78 is 16.2. The van der Waals surface area contributed by atoms with Crippen LogP contribution in [0.2, 0.25) is 0 Å². The van der Waals surface area contributed by atoms with Gasteiger partial charge in [0.2, 0.25) is 0 Å². The van der Waals surface area contributed by atoms with E-state index >= 15 is 0 Å². The number of ketones is 1. The van der Waals surface area contributed by atoms with E-state index in [0.29, 0.717) is 25.8 Å². The number of fused-ring (bicyclic) bond motifs is 1. The number of hydrogen-bond donors (Lipinski definition) is 1. The molecular weight excluding hydrogens is 434 g/mol. The maximum Gasteiger partial charge on any atom is 0.509 e. The fraction of sp³-hybridized carbons (Fsp3) is 0.444. The van der Waals surface area contributed by atoms with Crippen LogP contribution >= 0.6 is 0 Å². The first-order valence-electron chi connectivity index (χ1n) is 11.6. The average molecular weight is 466 g/mol. The van der Waals surface area contributed by atoms with E-state index in [1.807, 2.05) is 18.2 Å². The molecule has 1 saturated heterocycles. The maximum atomic E-state index is 12.1. The van der Waals surface area contributed by atoms with Crippen molar-refractivity contribution in [1.82, 2.24) is 5.32 Å². The summed E-state index contributed by atoms with van der Waals surface area (Å²) in [4.78, 5) is 35.6. The van der Waals surface area contributed by atoms with Crippen LogP contribution in [0.25, 0.3) is 11.1 Å². The SMILES string of the molecule is CC(=O)O[C@@H]1[C@@H](OC(=O)OC(C)(C)C)CN[C@@H]1Cc1ccc(-c2ccc3c(c2)CC(=O)C3)cc1. The van der Waals surface area contributed by atoms with Crippen LogP contribution in [-0.4, -0.2) is 48.3 Å². The van der Waals surface area contributed by atoms with Gasteiger partial charge in [-0.05, 0) is 55.0 Å². The molecule has 1 fully saturated rings. The van der Waals surface area contributed by atoms with E-state index in [0.717, 1.165) is 27.8 Å². The average Bonchev–Trinajstić information content (AvgIpc) is 3.28. The largest absolute Gasteiger partial charge is 0.509 e. The summed E-state index contributed by atoms with van der Waals surface area (Å²) in [6.45, 7) is 7.01. The van der Waals surface area contributed by atoms with Crippen LogP contribution in [-0.2, 0) is 43.1 Å². The summed E-state index contributed by atoms with van der Waals surface area (Å²) in [5.74, 6) is -0.162. The lowest BCUT2D eigenvalue weighted by atomic mass is 9.97. The Kier molecular flexibility index (Phi) is 6.75. The highest BCUT2D eigenvalue weighted by molar-refractivity contribution is 5.88. The number of nitrogens with one attached hydrogen (secondary N) is 1. The summed E-state index contributed by atoms with van der Waals surface area (Å²) in [5, 5.41) is 3.32. The van der Waals surface area contributed by atoms with Crippen molar-refractivity contribution < 1.29 is 28.6 Å². The molecule has 0 unspecified atom stereocenters. The minimum Gasteiger partial charge on any atom is -0.457 e.